The Kier molecular flexibility index (Phi) is 3.53. The van der Waals surface area contributed by atoms with Crippen molar-refractivity contribution in [1.29, 1.82) is 0 Å². The van der Waals surface area contributed by atoms with Gasteiger partial charge in [0.15, 0.2) is 11.5 Å². The van der Waals surface area contributed by atoms with Gasteiger partial charge >= 0.3 is 0 Å². The van der Waals surface area contributed by atoms with Crippen molar-refractivity contribution in [2.75, 3.05) is 13.3 Å². The van der Waals surface area contributed by atoms with Gasteiger partial charge in [0.1, 0.15) is 0 Å². The Morgan fingerprint density at radius 3 is 3.05 bits per heavy atom. The summed E-state index contributed by atoms with van der Waals surface area (Å²) in [5.41, 5.74) is 6.61. The van der Waals surface area contributed by atoms with Crippen LogP contribution in [0.5, 0.6) is 11.5 Å². The quantitative estimate of drug-likeness (QED) is 0.894. The molecule has 0 saturated carbocycles. The molecule has 2 atom stereocenters. The first-order valence-corrected chi connectivity index (χ1v) is 7.13. The number of hydrogen-bond acceptors (Lipinski definition) is 4. The second-order valence-electron chi connectivity index (χ2n) is 5.46. The van der Waals surface area contributed by atoms with E-state index in [1.165, 1.54) is 0 Å². The molecule has 0 aromatic heterocycles. The van der Waals surface area contributed by atoms with E-state index in [9.17, 15) is 4.79 Å². The van der Waals surface area contributed by atoms with Gasteiger partial charge in [-0.05, 0) is 38.3 Å². The van der Waals surface area contributed by atoms with Crippen LogP contribution in [-0.4, -0.2) is 36.2 Å². The van der Waals surface area contributed by atoms with E-state index in [0.717, 1.165) is 25.8 Å². The second kappa shape index (κ2) is 5.32. The van der Waals surface area contributed by atoms with E-state index in [1.54, 1.807) is 6.07 Å². The summed E-state index contributed by atoms with van der Waals surface area (Å²) in [6.07, 6.45) is 3.12. The lowest BCUT2D eigenvalue weighted by Gasteiger charge is -2.38. The maximum Gasteiger partial charge on any atom is 0.258 e. The van der Waals surface area contributed by atoms with Crippen LogP contribution in [0, 0.1) is 0 Å². The van der Waals surface area contributed by atoms with Gasteiger partial charge < -0.3 is 20.1 Å². The van der Waals surface area contributed by atoms with Crippen molar-refractivity contribution < 1.29 is 14.3 Å². The summed E-state index contributed by atoms with van der Waals surface area (Å²) >= 11 is 0. The highest BCUT2D eigenvalue weighted by atomic mass is 16.7. The zero-order valence-corrected chi connectivity index (χ0v) is 11.7. The highest BCUT2D eigenvalue weighted by Crippen LogP contribution is 2.36. The minimum Gasteiger partial charge on any atom is -0.454 e. The molecule has 1 aromatic rings. The zero-order chi connectivity index (χ0) is 14.1. The summed E-state index contributed by atoms with van der Waals surface area (Å²) in [5.74, 6) is 1.20. The van der Waals surface area contributed by atoms with E-state index in [-0.39, 0.29) is 24.8 Å². The summed E-state index contributed by atoms with van der Waals surface area (Å²) in [6, 6.07) is 5.52. The number of piperidine rings is 1. The zero-order valence-electron chi connectivity index (χ0n) is 11.7. The van der Waals surface area contributed by atoms with Crippen LogP contribution in [0.4, 0.5) is 0 Å². The lowest BCUT2D eigenvalue weighted by molar-refractivity contribution is 0.0579. The maximum absolute atomic E-state index is 12.8. The number of hydrogen-bond donors (Lipinski definition) is 1. The normalized spacial score (nSPS) is 22.7. The van der Waals surface area contributed by atoms with Crippen molar-refractivity contribution >= 4 is 5.91 Å². The summed E-state index contributed by atoms with van der Waals surface area (Å²) in [5, 5.41) is 0. The number of benzene rings is 1. The average molecular weight is 276 g/mol. The standard InChI is InChI=1S/C15H20N2O3/c1-10(16)12-6-2-3-8-17(12)15(18)11-5-4-7-13-14(11)20-9-19-13/h4-5,7,10,12H,2-3,6,8-9,16H2,1H3/t10-,12+/m1/s1. The van der Waals surface area contributed by atoms with Gasteiger partial charge in [-0.2, -0.15) is 0 Å². The Hall–Kier alpha value is -1.75. The lowest BCUT2D eigenvalue weighted by Crippen LogP contribution is -2.51. The number of carbonyl (C=O) groups is 1. The number of nitrogens with zero attached hydrogens (tertiary/aromatic N) is 1. The van der Waals surface area contributed by atoms with E-state index >= 15 is 0 Å². The number of rotatable bonds is 2. The van der Waals surface area contributed by atoms with Crippen molar-refractivity contribution in [3.63, 3.8) is 0 Å². The van der Waals surface area contributed by atoms with Gasteiger partial charge in [0, 0.05) is 18.6 Å². The minimum atomic E-state index is -0.0202. The second-order valence-corrected chi connectivity index (χ2v) is 5.46. The third-order valence-corrected chi connectivity index (χ3v) is 4.04. The molecule has 5 heteroatoms. The van der Waals surface area contributed by atoms with Crippen LogP contribution in [0.25, 0.3) is 0 Å². The minimum absolute atomic E-state index is 0.00523. The fourth-order valence-corrected chi connectivity index (χ4v) is 3.01. The molecule has 1 amide bonds. The fourth-order valence-electron chi connectivity index (χ4n) is 3.01. The Bertz CT molecular complexity index is 516. The average Bonchev–Trinajstić information content (AvgIpc) is 2.94. The first-order chi connectivity index (χ1) is 9.68. The van der Waals surface area contributed by atoms with E-state index < -0.39 is 0 Å². The maximum atomic E-state index is 12.8. The molecule has 1 fully saturated rings. The van der Waals surface area contributed by atoms with E-state index in [0.29, 0.717) is 17.1 Å². The van der Waals surface area contributed by atoms with Crippen molar-refractivity contribution in [3.8, 4) is 11.5 Å². The molecule has 0 spiro atoms. The summed E-state index contributed by atoms with van der Waals surface area (Å²) < 4.78 is 10.8. The molecular weight excluding hydrogens is 256 g/mol. The van der Waals surface area contributed by atoms with Gasteiger partial charge in [-0.1, -0.05) is 6.07 Å². The Balaban J connectivity index is 1.90. The number of fused-ring (bicyclic) bond motifs is 1. The molecule has 1 saturated heterocycles. The van der Waals surface area contributed by atoms with Gasteiger partial charge in [-0.25, -0.2) is 0 Å². The number of likely N-dealkylation sites (tertiary alicyclic amines) is 1. The van der Waals surface area contributed by atoms with Crippen molar-refractivity contribution in [2.24, 2.45) is 5.73 Å². The molecule has 0 aliphatic carbocycles. The molecule has 1 aromatic carbocycles. The van der Waals surface area contributed by atoms with E-state index in [2.05, 4.69) is 0 Å². The molecule has 5 nitrogen and oxygen atoms in total. The van der Waals surface area contributed by atoms with Crippen LogP contribution in [0.2, 0.25) is 0 Å². The summed E-state index contributed by atoms with van der Waals surface area (Å²) in [7, 11) is 0. The molecule has 2 aliphatic rings. The molecule has 3 rings (SSSR count). The third-order valence-electron chi connectivity index (χ3n) is 4.04. The van der Waals surface area contributed by atoms with E-state index in [1.807, 2.05) is 24.0 Å². The van der Waals surface area contributed by atoms with Gasteiger partial charge in [0.25, 0.3) is 5.91 Å². The fraction of sp³-hybridized carbons (Fsp3) is 0.533. The Morgan fingerprint density at radius 2 is 2.25 bits per heavy atom. The van der Waals surface area contributed by atoms with Crippen LogP contribution in [0.15, 0.2) is 18.2 Å². The lowest BCUT2D eigenvalue weighted by atomic mass is 9.96. The van der Waals surface area contributed by atoms with Crippen LogP contribution >= 0.6 is 0 Å². The van der Waals surface area contributed by atoms with Crippen molar-refractivity contribution in [3.05, 3.63) is 23.8 Å². The molecular formula is C15H20N2O3. The molecule has 2 heterocycles. The smallest absolute Gasteiger partial charge is 0.258 e. The molecule has 108 valence electrons. The molecule has 2 aliphatic heterocycles. The predicted octanol–water partition coefficient (Wildman–Crippen LogP) is 1.76. The number of para-hydroxylation sites is 1. The first kappa shape index (κ1) is 13.2. The Morgan fingerprint density at radius 1 is 1.40 bits per heavy atom. The highest BCUT2D eigenvalue weighted by molar-refractivity contribution is 5.98. The van der Waals surface area contributed by atoms with E-state index in [4.69, 9.17) is 15.2 Å². The van der Waals surface area contributed by atoms with Gasteiger partial charge in [0.05, 0.1) is 5.56 Å². The van der Waals surface area contributed by atoms with Crippen LogP contribution in [0.1, 0.15) is 36.5 Å². The van der Waals surface area contributed by atoms with Crippen molar-refractivity contribution in [2.45, 2.75) is 38.3 Å². The monoisotopic (exact) mass is 276 g/mol. The number of carbonyl (C=O) groups excluding carboxylic acids is 1. The van der Waals surface area contributed by atoms with Crippen LogP contribution in [-0.2, 0) is 0 Å². The molecule has 0 bridgehead atoms. The summed E-state index contributed by atoms with van der Waals surface area (Å²) in [4.78, 5) is 14.7. The van der Waals surface area contributed by atoms with Crippen LogP contribution in [0.3, 0.4) is 0 Å². The highest BCUT2D eigenvalue weighted by Gasteiger charge is 2.32. The topological polar surface area (TPSA) is 64.8 Å². The molecule has 0 radical (unpaired) electrons. The SMILES string of the molecule is C[C@@H](N)[C@@H]1CCCCN1C(=O)c1cccc2c1OCO2. The molecule has 2 N–H and O–H groups in total. The first-order valence-electron chi connectivity index (χ1n) is 7.13. The predicted molar refractivity (Wildman–Crippen MR) is 74.9 cm³/mol. The third kappa shape index (κ3) is 2.22. The summed E-state index contributed by atoms with van der Waals surface area (Å²) in [6.45, 7) is 2.90. The van der Waals surface area contributed by atoms with Crippen LogP contribution < -0.4 is 15.2 Å². The van der Waals surface area contributed by atoms with Gasteiger partial charge in [-0.3, -0.25) is 4.79 Å². The number of amides is 1. The number of ether oxygens (including phenoxy) is 2. The van der Waals surface area contributed by atoms with Crippen molar-refractivity contribution in [1.82, 2.24) is 4.90 Å². The Labute approximate surface area is 118 Å². The molecule has 20 heavy (non-hydrogen) atoms. The van der Waals surface area contributed by atoms with Gasteiger partial charge in [-0.15, -0.1) is 0 Å². The molecule has 0 unspecified atom stereocenters. The van der Waals surface area contributed by atoms with Gasteiger partial charge in [0.2, 0.25) is 6.79 Å². The largest absolute Gasteiger partial charge is 0.454 e. The number of nitrogens with two attached hydrogens (primary N) is 1.